The van der Waals surface area contributed by atoms with Crippen molar-refractivity contribution < 1.29 is 48.4 Å². The molecule has 6 heteroatoms. The standard InChI is InChI=1S/C15H14ClO.2ClH.Li.Mg/c1-2-17-14-9-7-12(8-10-14)11-13-5-3-4-6-15(13)16;;;;/h4-10H,2,11H2,1H3;2*1H;;/q;;;2*+1/p-2. The maximum atomic E-state index is 6.21. The van der Waals surface area contributed by atoms with Crippen molar-refractivity contribution in [2.24, 2.45) is 0 Å². The number of ether oxygens (including phenoxy) is 1. The number of hydrogen-bond acceptors (Lipinski definition) is 1. The molecule has 0 atom stereocenters. The molecule has 2 rings (SSSR count). The largest absolute Gasteiger partial charge is 1.00 e. The molecule has 104 valence electrons. The molecule has 0 aliphatic carbocycles. The van der Waals surface area contributed by atoms with Crippen LogP contribution in [0.5, 0.6) is 5.75 Å². The van der Waals surface area contributed by atoms with Crippen molar-refractivity contribution in [2.75, 3.05) is 6.61 Å². The summed E-state index contributed by atoms with van der Waals surface area (Å²) < 4.78 is 6.69. The van der Waals surface area contributed by atoms with Gasteiger partial charge in [0.25, 0.3) is 0 Å². The zero-order valence-electron chi connectivity index (χ0n) is 12.2. The minimum atomic E-state index is 0. The second-order valence-electron chi connectivity index (χ2n) is 4.18. The fourth-order valence-electron chi connectivity index (χ4n) is 1.85. The zero-order chi connectivity index (χ0) is 13.0. The molecule has 0 aliphatic rings. The van der Waals surface area contributed by atoms with E-state index in [2.05, 4.69) is 18.2 Å². The fraction of sp³-hybridized carbons (Fsp3) is 0.200. The molecule has 0 amide bonds. The Morgan fingerprint density at radius 3 is 2.24 bits per heavy atom. The molecule has 0 N–H and O–H groups in total. The van der Waals surface area contributed by atoms with Gasteiger partial charge in [0.2, 0.25) is 0 Å². The van der Waals surface area contributed by atoms with E-state index in [9.17, 15) is 0 Å². The number of halogens is 3. The topological polar surface area (TPSA) is 9.23 Å². The van der Waals surface area contributed by atoms with Gasteiger partial charge in [0.1, 0.15) is 0 Å². The maximum Gasteiger partial charge on any atom is 1.00 e. The first-order valence-corrected chi connectivity index (χ1v) is 7.09. The Labute approximate surface area is 168 Å². The van der Waals surface area contributed by atoms with Crippen LogP contribution in [0.2, 0.25) is 5.02 Å². The average Bonchev–Trinajstić information content (AvgIpc) is 2.37. The summed E-state index contributed by atoms with van der Waals surface area (Å²) in [6, 6.07) is 14.3. The fourth-order valence-corrected chi connectivity index (χ4v) is 2.40. The Bertz CT molecular complexity index is 535. The molecule has 2 aromatic rings. The van der Waals surface area contributed by atoms with Gasteiger partial charge >= 0.3 is 145 Å². The van der Waals surface area contributed by atoms with E-state index < -0.39 is 0 Å². The number of hydrogen-bond donors (Lipinski definition) is 0. The van der Waals surface area contributed by atoms with E-state index in [-0.39, 0.29) is 43.7 Å². The molecule has 0 unspecified atom stereocenters. The van der Waals surface area contributed by atoms with Crippen molar-refractivity contribution >= 4 is 37.0 Å². The van der Waals surface area contributed by atoms with E-state index in [1.165, 1.54) is 14.8 Å². The predicted molar refractivity (Wildman–Crippen MR) is 77.3 cm³/mol. The third-order valence-electron chi connectivity index (χ3n) is 2.74. The van der Waals surface area contributed by atoms with Crippen LogP contribution in [0.4, 0.5) is 0 Å². The molecule has 21 heavy (non-hydrogen) atoms. The normalized spacial score (nSPS) is 8.95. The summed E-state index contributed by atoms with van der Waals surface area (Å²) in [6.07, 6.45) is 0.859. The van der Waals surface area contributed by atoms with E-state index in [1.54, 1.807) is 0 Å². The molecule has 2 aromatic carbocycles. The van der Waals surface area contributed by atoms with Crippen LogP contribution in [-0.4, -0.2) is 28.3 Å². The predicted octanol–water partition coefficient (Wildman–Crippen LogP) is -5.86. The van der Waals surface area contributed by atoms with Crippen molar-refractivity contribution in [1.29, 1.82) is 0 Å². The van der Waals surface area contributed by atoms with Gasteiger partial charge in [0, 0.05) is 0 Å². The first-order valence-electron chi connectivity index (χ1n) is 6.01. The summed E-state index contributed by atoms with van der Waals surface area (Å²) >= 11 is 8.08. The Balaban J connectivity index is 0. The number of benzene rings is 2. The third kappa shape index (κ3) is 7.52. The van der Waals surface area contributed by atoms with Crippen LogP contribution < -0.4 is 52.1 Å². The molecule has 0 radical (unpaired) electrons. The van der Waals surface area contributed by atoms with Gasteiger partial charge in [-0.15, -0.1) is 0 Å². The third-order valence-corrected chi connectivity index (χ3v) is 3.55. The van der Waals surface area contributed by atoms with Crippen molar-refractivity contribution in [1.82, 2.24) is 0 Å². The van der Waals surface area contributed by atoms with Crippen molar-refractivity contribution in [3.05, 3.63) is 58.6 Å². The van der Waals surface area contributed by atoms with Crippen LogP contribution in [0.3, 0.4) is 0 Å². The summed E-state index contributed by atoms with van der Waals surface area (Å²) in [4.78, 5) is 0. The van der Waals surface area contributed by atoms with Crippen LogP contribution >= 0.6 is 11.6 Å². The SMILES string of the molecule is CCOc1ccc(Cc2c[c]([Mg+])ccc2Cl)cc1.[Cl-].[Cl-].[Li+]. The number of rotatable bonds is 4. The maximum absolute atomic E-state index is 6.21. The van der Waals surface area contributed by atoms with Crippen LogP contribution in [0.1, 0.15) is 18.1 Å². The molecule has 0 saturated heterocycles. The Kier molecular flexibility index (Phi) is 13.5. The van der Waals surface area contributed by atoms with Crippen LogP contribution in [0, 0.1) is 0 Å². The van der Waals surface area contributed by atoms with Gasteiger partial charge in [-0.2, -0.15) is 0 Å². The molecule has 0 aromatic heterocycles. The van der Waals surface area contributed by atoms with Crippen molar-refractivity contribution in [2.45, 2.75) is 13.3 Å². The smallest absolute Gasteiger partial charge is 1.00 e. The Morgan fingerprint density at radius 2 is 1.67 bits per heavy atom. The summed E-state index contributed by atoms with van der Waals surface area (Å²) in [5.41, 5.74) is 2.42. The average molecular weight is 348 g/mol. The van der Waals surface area contributed by atoms with Crippen LogP contribution in [-0.2, 0) is 6.42 Å². The Morgan fingerprint density at radius 1 is 1.05 bits per heavy atom. The van der Waals surface area contributed by atoms with Crippen LogP contribution in [0.25, 0.3) is 0 Å². The summed E-state index contributed by atoms with van der Waals surface area (Å²) in [7, 11) is 0. The summed E-state index contributed by atoms with van der Waals surface area (Å²) in [6.45, 7) is 2.69. The van der Waals surface area contributed by atoms with Crippen molar-refractivity contribution in [3.8, 4) is 5.75 Å². The van der Waals surface area contributed by atoms with E-state index in [1.807, 2.05) is 52.9 Å². The summed E-state index contributed by atoms with van der Waals surface area (Å²) in [5, 5.41) is 0.833. The van der Waals surface area contributed by atoms with Gasteiger partial charge in [0.15, 0.2) is 0 Å². The van der Waals surface area contributed by atoms with E-state index in [4.69, 9.17) is 16.3 Å². The van der Waals surface area contributed by atoms with Gasteiger partial charge in [-0.25, -0.2) is 0 Å². The van der Waals surface area contributed by atoms with Crippen molar-refractivity contribution in [3.63, 3.8) is 0 Å². The minimum absolute atomic E-state index is 0. The summed E-state index contributed by atoms with van der Waals surface area (Å²) in [5.74, 6) is 0.915. The van der Waals surface area contributed by atoms with Crippen LogP contribution in [0.15, 0.2) is 42.5 Å². The monoisotopic (exact) mass is 346 g/mol. The molecule has 0 saturated carbocycles. The first-order chi connectivity index (χ1) is 8.69. The Hall–Kier alpha value is 0.474. The first kappa shape index (κ1) is 23.7. The van der Waals surface area contributed by atoms with Gasteiger partial charge in [0.05, 0.1) is 0 Å². The van der Waals surface area contributed by atoms with E-state index in [0.717, 1.165) is 17.2 Å². The van der Waals surface area contributed by atoms with Gasteiger partial charge in [-0.3, -0.25) is 0 Å². The molecule has 0 aliphatic heterocycles. The molecule has 0 heterocycles. The molecular weight excluding hydrogens is 334 g/mol. The second kappa shape index (κ2) is 12.0. The minimum Gasteiger partial charge on any atom is -1.00 e. The van der Waals surface area contributed by atoms with E-state index >= 15 is 0 Å². The molecule has 1 nitrogen and oxygen atoms in total. The molecular formula is C15H14Cl3LiMgO. The van der Waals surface area contributed by atoms with Gasteiger partial charge in [-0.05, 0) is 0 Å². The molecule has 0 spiro atoms. The van der Waals surface area contributed by atoms with Gasteiger partial charge < -0.3 is 24.8 Å². The quantitative estimate of drug-likeness (QED) is 0.501. The molecule has 0 fully saturated rings. The van der Waals surface area contributed by atoms with E-state index in [0.29, 0.717) is 6.61 Å². The zero-order valence-corrected chi connectivity index (χ0v) is 15.9. The second-order valence-corrected chi connectivity index (χ2v) is 5.40. The molecule has 0 bridgehead atoms. The van der Waals surface area contributed by atoms with Gasteiger partial charge in [-0.1, -0.05) is 0 Å².